The van der Waals surface area contributed by atoms with E-state index < -0.39 is 114 Å². The van der Waals surface area contributed by atoms with Gasteiger partial charge in [0, 0.05) is 78.8 Å². The van der Waals surface area contributed by atoms with Crippen molar-refractivity contribution >= 4 is 160 Å². The topological polar surface area (TPSA) is 556 Å². The molecule has 5 aromatic rings. The standard InChI is InChI=1S/2C9H11ClO3S.2C9H13NO3S.C9H12O4S.C2H8N2O2S.2C2H7NO3S.CH3F.3CH4.Cl2OS.2Na.2No/c5*10-14(11,12)7-6-13-8-9-4-2-1-3-5-9;3-1-2-7(4,5)6;2*3-7(5,6)2-1-4;1-2;;;;1-4(2)3;;;;/h2*1-5H,6-8H2;2*1-5H,6-8H2,(H2,10,11,12);1-5H,6-8H2,(H,10,11,12);1-3H2,(H2,4,5,6);2*4H,1-2H2,(H2,3,5,6);1H3;3*1H4;;;;;/q;;;;;;;;;;;;;;+1;;/p-1/i;;;;;;;;1D;;;;;;;;. The molecule has 5 aromatic carbocycles. The van der Waals surface area contributed by atoms with Gasteiger partial charge in [0.05, 0.1) is 144 Å². The second kappa shape index (κ2) is 74.8. The van der Waals surface area contributed by atoms with Gasteiger partial charge in [-0.2, -0.15) is 0 Å². The van der Waals surface area contributed by atoms with Crippen LogP contribution in [0, 0.1) is 0 Å². The third kappa shape index (κ3) is 119. The van der Waals surface area contributed by atoms with Crippen molar-refractivity contribution in [2.75, 3.05) is 106 Å². The molecule has 1 radical (unpaired) electrons. The van der Waals surface area contributed by atoms with Crippen LogP contribution in [0.3, 0.4) is 0 Å². The van der Waals surface area contributed by atoms with Crippen LogP contribution < -0.4 is 61.0 Å². The summed E-state index contributed by atoms with van der Waals surface area (Å²) in [7, 11) is -11.6. The van der Waals surface area contributed by atoms with E-state index in [0.29, 0.717) is 33.0 Å². The van der Waals surface area contributed by atoms with Crippen molar-refractivity contribution in [1.82, 2.24) is 0 Å². The van der Waals surface area contributed by atoms with Gasteiger partial charge in [-0.05, 0) is 27.8 Å². The summed E-state index contributed by atoms with van der Waals surface area (Å²) in [5.74, 6) is -1.89. The number of hydrogen-bond donors (Lipinski definition) is 8. The molecule has 104 heavy (non-hydrogen) atoms. The summed E-state index contributed by atoms with van der Waals surface area (Å²) in [6.45, 7) is 1.73. The molecule has 0 aromatic heterocycles. The molecule has 0 bridgehead atoms. The van der Waals surface area contributed by atoms with Gasteiger partial charge in [-0.3, -0.25) is 4.39 Å². The molecule has 0 unspecified atom stereocenters. The zero-order valence-corrected chi connectivity index (χ0v) is 73.2. The van der Waals surface area contributed by atoms with Crippen LogP contribution in [0.2, 0.25) is 0 Å². The summed E-state index contributed by atoms with van der Waals surface area (Å²) in [5, 5.41) is 39.0. The Labute approximate surface area is 670 Å². The van der Waals surface area contributed by atoms with E-state index in [1.54, 1.807) is 0 Å². The second-order valence-electron chi connectivity index (χ2n) is 17.7. The smallest absolute Gasteiger partial charge is 0.748 e. The minimum atomic E-state index is -4.15. The third-order valence-corrected chi connectivity index (χ3v) is 15.8. The molecule has 31 nitrogen and oxygen atoms in total. The van der Waals surface area contributed by atoms with Crippen LogP contribution in [-0.4, -0.2) is 222 Å². The van der Waals surface area contributed by atoms with Crippen molar-refractivity contribution in [3.63, 3.8) is 0 Å². The summed E-state index contributed by atoms with van der Waals surface area (Å²) in [6, 6.07) is 47.5. The van der Waals surface area contributed by atoms with Crippen LogP contribution in [-0.2, 0) is 144 Å². The van der Waals surface area contributed by atoms with Gasteiger partial charge < -0.3 is 44.2 Å². The number of primary sulfonamides is 5. The largest absolute Gasteiger partial charge is 1.00 e. The van der Waals surface area contributed by atoms with Crippen LogP contribution >= 0.6 is 42.7 Å². The average Bonchev–Trinajstić information content (AvgIpc) is 1.05. The molecule has 0 amide bonds. The number of ether oxygens (including phenoxy) is 5. The summed E-state index contributed by atoms with van der Waals surface area (Å²) in [6.07, 6.45) is 0. The van der Waals surface area contributed by atoms with E-state index in [-0.39, 0.29) is 161 Å². The first-order chi connectivity index (χ1) is 45.2. The molecule has 0 spiro atoms. The Morgan fingerprint density at radius 3 is 0.683 bits per heavy atom. The number of hydrogen-bond acceptors (Lipinski definition) is 26. The number of aliphatic hydroxyl groups is 2. The van der Waals surface area contributed by atoms with Crippen LogP contribution in [0.15, 0.2) is 152 Å². The van der Waals surface area contributed by atoms with Crippen LogP contribution in [0.25, 0.3) is 0 Å². The van der Waals surface area contributed by atoms with Crippen molar-refractivity contribution in [2.45, 2.75) is 55.3 Å². The minimum Gasteiger partial charge on any atom is -0.748 e. The molecular formula is C55H96Cl4FN6Na2No2O25S9. The quantitative estimate of drug-likeness (QED) is 0.0127. The van der Waals surface area contributed by atoms with E-state index >= 15 is 0 Å². The van der Waals surface area contributed by atoms with E-state index in [0.717, 1.165) is 27.8 Å². The van der Waals surface area contributed by atoms with Crippen LogP contribution in [0.5, 0.6) is 0 Å². The van der Waals surface area contributed by atoms with Crippen molar-refractivity contribution in [2.24, 2.45) is 31.4 Å². The van der Waals surface area contributed by atoms with E-state index in [9.17, 15) is 76.3 Å². The van der Waals surface area contributed by atoms with Gasteiger partial charge >= 0.3 is 29.6 Å². The van der Waals surface area contributed by atoms with E-state index in [4.69, 9.17) is 76.9 Å². The van der Waals surface area contributed by atoms with Crippen molar-refractivity contribution < 1.29 is 145 Å². The number of aliphatic hydroxyl groups excluding tert-OH is 2. The molecule has 615 valence electrons. The predicted molar refractivity (Wildman–Crippen MR) is 400 cm³/mol. The number of rotatable bonds is 31. The second-order valence-corrected chi connectivity index (χ2v) is 36.2. The number of halogens is 5. The summed E-state index contributed by atoms with van der Waals surface area (Å²) in [4.78, 5) is 0. The Bertz CT molecular complexity index is 3260. The first kappa shape index (κ1) is 124. The Morgan fingerprint density at radius 1 is 0.404 bits per heavy atom. The van der Waals surface area contributed by atoms with Gasteiger partial charge in [-0.1, -0.05) is 174 Å². The van der Waals surface area contributed by atoms with Gasteiger partial charge in [0.1, 0.15) is 0 Å². The van der Waals surface area contributed by atoms with Crippen LogP contribution in [0.4, 0.5) is 4.39 Å². The Hall–Kier alpha value is -3.62. The number of nitrogens with two attached hydrogens (primary N) is 6. The molecule has 0 atom stereocenters. The normalized spacial score (nSPS) is 10.6. The molecule has 0 aliphatic heterocycles. The molecule has 5 rings (SSSR count). The van der Waals surface area contributed by atoms with Crippen molar-refractivity contribution in [3.8, 4) is 0 Å². The SMILES string of the molecule is C.C.C.NCCS(N)(=O)=O.NS(=O)(=O)CCO.NS(=O)(=O)CCO.NS(=O)(=O)CCOCc1ccccc1.NS(=O)(=O)CCOCc1ccccc1.O=S(=O)(Cl)CCOCc1ccccc1.O=S(=O)(Cl)CCOCc1ccccc1.O=S(=O)([O-])CCOCc1ccccc1.O=S(Cl)Cl.[2H]CF.[Na+].[Na].[No].[No]. The Kier molecular flexibility index (Phi) is 89.3. The predicted octanol–water partition coefficient (Wildman–Crippen LogP) is 0.203. The number of sulfonamides is 5. The van der Waals surface area contributed by atoms with Gasteiger partial charge in [-0.15, -0.1) is 0 Å². The van der Waals surface area contributed by atoms with E-state index in [2.05, 4.69) is 36.8 Å². The number of alkyl halides is 1. The van der Waals surface area contributed by atoms with Crippen LogP contribution in [0.1, 0.15) is 51.5 Å². The Morgan fingerprint density at radius 2 is 0.567 bits per heavy atom. The van der Waals surface area contributed by atoms with Gasteiger partial charge in [0.2, 0.25) is 77.4 Å². The van der Waals surface area contributed by atoms with Gasteiger partial charge in [-0.25, -0.2) is 97.2 Å². The molecule has 14 N–H and O–H groups in total. The Balaban J connectivity index is -0.0000000932. The average molecular weight is 2260 g/mol. The van der Waals surface area contributed by atoms with Gasteiger partial charge in [0.25, 0.3) is 0 Å². The summed E-state index contributed by atoms with van der Waals surface area (Å²) < 4.78 is 224. The summed E-state index contributed by atoms with van der Waals surface area (Å²) in [5.41, 5.74) is 9.87. The maximum atomic E-state index is 10.5. The zero-order valence-electron chi connectivity index (χ0n) is 55.3. The molecule has 0 fully saturated rings. The monoisotopic (exact) mass is 2250 g/mol. The molecule has 0 saturated heterocycles. The van der Waals surface area contributed by atoms with Gasteiger partial charge in [0.15, 0.2) is 0 Å². The molecular weight excluding hydrogens is 2160 g/mol. The first-order valence-corrected chi connectivity index (χ1v) is 44.5. The maximum Gasteiger partial charge on any atom is 1.00 e. The molecule has 0 heterocycles. The first-order valence-electron chi connectivity index (χ1n) is 27.3. The third-order valence-electron chi connectivity index (χ3n) is 9.16. The fourth-order valence-electron chi connectivity index (χ4n) is 5.07. The van der Waals surface area contributed by atoms with E-state index in [1.807, 2.05) is 152 Å². The van der Waals surface area contributed by atoms with Crippen molar-refractivity contribution in [1.29, 1.82) is 0 Å². The molecule has 49 heteroatoms. The molecule has 0 aliphatic rings. The zero-order chi connectivity index (χ0) is 76.2. The maximum absolute atomic E-state index is 10.5. The minimum absolute atomic E-state index is 0. The molecule has 0 saturated carbocycles. The fourth-order valence-corrected chi connectivity index (χ4v) is 7.94. The molecule has 0 aliphatic carbocycles. The fraction of sp³-hybridized carbons (Fsp3) is 0.455. The van der Waals surface area contributed by atoms with Crippen molar-refractivity contribution in [3.05, 3.63) is 179 Å². The number of benzene rings is 5. The van der Waals surface area contributed by atoms with E-state index in [1.165, 1.54) is 0 Å². The summed E-state index contributed by atoms with van der Waals surface area (Å²) >= 11 is 0.